The molecule has 0 bridgehead atoms. The van der Waals surface area contributed by atoms with Gasteiger partial charge in [-0.3, -0.25) is 4.68 Å². The summed E-state index contributed by atoms with van der Waals surface area (Å²) in [6.45, 7) is 0. The Morgan fingerprint density at radius 3 is 3.00 bits per heavy atom. The summed E-state index contributed by atoms with van der Waals surface area (Å²) in [4.78, 5) is 0. The lowest BCUT2D eigenvalue weighted by Gasteiger charge is -1.95. The molecule has 0 saturated carbocycles. The second kappa shape index (κ2) is 3.31. The van der Waals surface area contributed by atoms with Gasteiger partial charge in [-0.2, -0.15) is 5.10 Å². The highest BCUT2D eigenvalue weighted by molar-refractivity contribution is 9.08. The number of fused-ring (bicyclic) bond motifs is 1. The molecule has 0 aliphatic carbocycles. The minimum atomic E-state index is 0.728. The first-order chi connectivity index (χ1) is 6.22. The highest BCUT2D eigenvalue weighted by Gasteiger charge is 2.06. The van der Waals surface area contributed by atoms with Gasteiger partial charge in [-0.1, -0.05) is 27.5 Å². The van der Waals surface area contributed by atoms with Gasteiger partial charge in [-0.05, 0) is 18.2 Å². The fourth-order valence-corrected chi connectivity index (χ4v) is 2.22. The lowest BCUT2D eigenvalue weighted by molar-refractivity contribution is 0.748. The summed E-state index contributed by atoms with van der Waals surface area (Å²) in [6, 6.07) is 5.77. The maximum atomic E-state index is 5.86. The van der Waals surface area contributed by atoms with Crippen molar-refractivity contribution in [3.63, 3.8) is 0 Å². The minimum absolute atomic E-state index is 0.728. The minimum Gasteiger partial charge on any atom is -0.271 e. The smallest absolute Gasteiger partial charge is 0.0941 e. The molecule has 1 aromatic heterocycles. The third kappa shape index (κ3) is 1.46. The third-order valence-electron chi connectivity index (χ3n) is 2.05. The number of aromatic nitrogens is 2. The molecule has 0 aliphatic rings. The van der Waals surface area contributed by atoms with E-state index in [2.05, 4.69) is 21.0 Å². The normalized spacial score (nSPS) is 11.0. The van der Waals surface area contributed by atoms with E-state index in [1.165, 1.54) is 5.69 Å². The maximum absolute atomic E-state index is 5.86. The molecule has 2 rings (SSSR count). The second-order valence-electron chi connectivity index (χ2n) is 2.87. The Hall–Kier alpha value is -0.540. The van der Waals surface area contributed by atoms with E-state index in [1.807, 2.05) is 29.9 Å². The zero-order chi connectivity index (χ0) is 9.42. The van der Waals surface area contributed by atoms with E-state index in [1.54, 1.807) is 0 Å². The molecule has 0 atom stereocenters. The van der Waals surface area contributed by atoms with Gasteiger partial charge in [-0.15, -0.1) is 0 Å². The molecule has 0 aliphatic heterocycles. The Labute approximate surface area is 89.6 Å². The van der Waals surface area contributed by atoms with Crippen molar-refractivity contribution in [3.05, 3.63) is 28.9 Å². The topological polar surface area (TPSA) is 17.8 Å². The van der Waals surface area contributed by atoms with Crippen molar-refractivity contribution in [1.29, 1.82) is 0 Å². The average Bonchev–Trinajstić information content (AvgIpc) is 2.39. The quantitative estimate of drug-likeness (QED) is 0.720. The van der Waals surface area contributed by atoms with Crippen molar-refractivity contribution in [2.75, 3.05) is 0 Å². The summed E-state index contributed by atoms with van der Waals surface area (Å²) in [5.41, 5.74) is 2.12. The zero-order valence-electron chi connectivity index (χ0n) is 7.09. The van der Waals surface area contributed by atoms with Crippen LogP contribution in [0.15, 0.2) is 18.2 Å². The molecule has 68 valence electrons. The molecule has 0 unspecified atom stereocenters. The Bertz CT molecular complexity index is 450. The fraction of sp³-hybridized carbons (Fsp3) is 0.222. The predicted molar refractivity (Wildman–Crippen MR) is 58.4 cm³/mol. The first kappa shape index (κ1) is 9.03. The van der Waals surface area contributed by atoms with E-state index in [0.29, 0.717) is 0 Å². The first-order valence-corrected chi connectivity index (χ1v) is 5.39. The van der Waals surface area contributed by atoms with E-state index in [4.69, 9.17) is 11.6 Å². The molecular formula is C9H8BrClN2. The van der Waals surface area contributed by atoms with Crippen molar-refractivity contribution >= 4 is 38.4 Å². The molecule has 0 amide bonds. The third-order valence-corrected chi connectivity index (χ3v) is 2.81. The predicted octanol–water partition coefficient (Wildman–Crippen LogP) is 3.12. The summed E-state index contributed by atoms with van der Waals surface area (Å²) < 4.78 is 1.87. The van der Waals surface area contributed by atoms with Crippen molar-refractivity contribution in [1.82, 2.24) is 9.78 Å². The Kier molecular flexibility index (Phi) is 2.30. The molecule has 2 nitrogen and oxygen atoms in total. The van der Waals surface area contributed by atoms with Crippen LogP contribution < -0.4 is 0 Å². The van der Waals surface area contributed by atoms with Crippen LogP contribution in [-0.4, -0.2) is 9.78 Å². The van der Waals surface area contributed by atoms with Crippen molar-refractivity contribution in [3.8, 4) is 0 Å². The van der Waals surface area contributed by atoms with E-state index in [-0.39, 0.29) is 0 Å². The van der Waals surface area contributed by atoms with Gasteiger partial charge < -0.3 is 0 Å². The molecule has 0 spiro atoms. The lowest BCUT2D eigenvalue weighted by Crippen LogP contribution is -1.94. The molecule has 0 N–H and O–H groups in total. The fourth-order valence-electron chi connectivity index (χ4n) is 1.39. The van der Waals surface area contributed by atoms with Crippen LogP contribution in [0.5, 0.6) is 0 Å². The second-order valence-corrected chi connectivity index (χ2v) is 3.86. The van der Waals surface area contributed by atoms with Gasteiger partial charge in [0.15, 0.2) is 0 Å². The van der Waals surface area contributed by atoms with E-state index >= 15 is 0 Å². The number of halogens is 2. The number of alkyl halides is 1. The highest BCUT2D eigenvalue weighted by Crippen LogP contribution is 2.22. The van der Waals surface area contributed by atoms with Crippen LogP contribution in [0, 0.1) is 0 Å². The Balaban J connectivity index is 2.79. The molecule has 0 radical (unpaired) electrons. The van der Waals surface area contributed by atoms with Crippen molar-refractivity contribution in [2.45, 2.75) is 5.33 Å². The van der Waals surface area contributed by atoms with Gasteiger partial charge in [0.1, 0.15) is 0 Å². The highest BCUT2D eigenvalue weighted by atomic mass is 79.9. The van der Waals surface area contributed by atoms with Gasteiger partial charge in [0, 0.05) is 22.8 Å². The molecule has 2 aromatic rings. The van der Waals surface area contributed by atoms with Gasteiger partial charge in [-0.25, -0.2) is 0 Å². The molecule has 4 heteroatoms. The van der Waals surface area contributed by atoms with Crippen molar-refractivity contribution < 1.29 is 0 Å². The van der Waals surface area contributed by atoms with E-state index in [0.717, 1.165) is 21.3 Å². The van der Waals surface area contributed by atoms with Gasteiger partial charge >= 0.3 is 0 Å². The number of benzene rings is 1. The monoisotopic (exact) mass is 258 g/mol. The standard InChI is InChI=1S/C9H8BrClN2/c1-13-9(5-10)7-3-2-6(11)4-8(7)12-13/h2-4H,5H2,1H3. The number of hydrogen-bond donors (Lipinski definition) is 0. The van der Waals surface area contributed by atoms with Crippen LogP contribution in [-0.2, 0) is 12.4 Å². The molecule has 1 aromatic carbocycles. The molecule has 0 saturated heterocycles. The van der Waals surface area contributed by atoms with Gasteiger partial charge in [0.2, 0.25) is 0 Å². The van der Waals surface area contributed by atoms with Crippen molar-refractivity contribution in [2.24, 2.45) is 7.05 Å². The van der Waals surface area contributed by atoms with Gasteiger partial charge in [0.05, 0.1) is 11.2 Å². The van der Waals surface area contributed by atoms with Crippen LogP contribution in [0.3, 0.4) is 0 Å². The van der Waals surface area contributed by atoms with Crippen LogP contribution in [0.2, 0.25) is 5.02 Å². The van der Waals surface area contributed by atoms with Crippen LogP contribution in [0.25, 0.3) is 10.9 Å². The molecule has 0 fully saturated rings. The maximum Gasteiger partial charge on any atom is 0.0941 e. The van der Waals surface area contributed by atoms with E-state index in [9.17, 15) is 0 Å². The molecular weight excluding hydrogens is 251 g/mol. The Morgan fingerprint density at radius 2 is 2.31 bits per heavy atom. The van der Waals surface area contributed by atoms with Crippen LogP contribution in [0.4, 0.5) is 0 Å². The first-order valence-electron chi connectivity index (χ1n) is 3.89. The summed E-state index contributed by atoms with van der Waals surface area (Å²) in [6.07, 6.45) is 0. The van der Waals surface area contributed by atoms with E-state index < -0.39 is 0 Å². The number of aryl methyl sites for hydroxylation is 1. The zero-order valence-corrected chi connectivity index (χ0v) is 9.43. The SMILES string of the molecule is Cn1nc2cc(Cl)ccc2c1CBr. The summed E-state index contributed by atoms with van der Waals surface area (Å²) in [5, 5.41) is 7.04. The summed E-state index contributed by atoms with van der Waals surface area (Å²) in [5.74, 6) is 0. The van der Waals surface area contributed by atoms with Crippen LogP contribution >= 0.6 is 27.5 Å². The summed E-state index contributed by atoms with van der Waals surface area (Å²) >= 11 is 9.30. The lowest BCUT2D eigenvalue weighted by atomic mass is 10.2. The molecule has 1 heterocycles. The largest absolute Gasteiger partial charge is 0.271 e. The van der Waals surface area contributed by atoms with Gasteiger partial charge in [0.25, 0.3) is 0 Å². The molecule has 13 heavy (non-hydrogen) atoms. The summed E-state index contributed by atoms with van der Waals surface area (Å²) in [7, 11) is 1.94. The Morgan fingerprint density at radius 1 is 1.54 bits per heavy atom. The number of nitrogens with zero attached hydrogens (tertiary/aromatic N) is 2. The van der Waals surface area contributed by atoms with Crippen LogP contribution in [0.1, 0.15) is 5.69 Å². The number of hydrogen-bond acceptors (Lipinski definition) is 1. The number of rotatable bonds is 1. The average molecular weight is 260 g/mol.